The van der Waals surface area contributed by atoms with Crippen molar-refractivity contribution in [2.45, 2.75) is 102 Å². The summed E-state index contributed by atoms with van der Waals surface area (Å²) in [6, 6.07) is 8.20. The molecular weight excluding hydrogens is 355 g/mol. The second kappa shape index (κ2) is 12.2. The van der Waals surface area contributed by atoms with Gasteiger partial charge in [-0.2, -0.15) is 0 Å². The van der Waals surface area contributed by atoms with Gasteiger partial charge in [-0.1, -0.05) is 69.7 Å². The van der Waals surface area contributed by atoms with Crippen molar-refractivity contribution in [2.24, 2.45) is 5.92 Å². The monoisotopic (exact) mass is 392 g/mol. The molecule has 0 radical (unpaired) electrons. The van der Waals surface area contributed by atoms with E-state index < -0.39 is 18.2 Å². The van der Waals surface area contributed by atoms with Crippen molar-refractivity contribution >= 4 is 5.97 Å². The van der Waals surface area contributed by atoms with Gasteiger partial charge in [0.15, 0.2) is 0 Å². The zero-order chi connectivity index (χ0) is 20.4. The van der Waals surface area contributed by atoms with Gasteiger partial charge in [0.25, 0.3) is 0 Å². The first-order valence-electron chi connectivity index (χ1n) is 11.2. The molecule has 4 atom stereocenters. The van der Waals surface area contributed by atoms with Crippen LogP contribution in [0.1, 0.15) is 107 Å². The minimum absolute atomic E-state index is 0.0693. The Kier molecular flexibility index (Phi) is 9.97. The minimum Gasteiger partial charge on any atom is -0.481 e. The van der Waals surface area contributed by atoms with E-state index in [0.29, 0.717) is 12.8 Å². The van der Waals surface area contributed by atoms with Crippen LogP contribution in [0.15, 0.2) is 24.3 Å². The molecule has 0 spiro atoms. The van der Waals surface area contributed by atoms with Crippen LogP contribution < -0.4 is 0 Å². The molecule has 1 aromatic rings. The van der Waals surface area contributed by atoms with Gasteiger partial charge in [-0.25, -0.2) is 4.39 Å². The number of benzene rings is 1. The molecule has 0 amide bonds. The Labute approximate surface area is 169 Å². The van der Waals surface area contributed by atoms with Crippen molar-refractivity contribution in [1.29, 1.82) is 0 Å². The molecule has 4 heteroatoms. The molecule has 1 fully saturated rings. The van der Waals surface area contributed by atoms with Gasteiger partial charge in [0.1, 0.15) is 6.17 Å². The van der Waals surface area contributed by atoms with Gasteiger partial charge in [0.2, 0.25) is 0 Å². The number of aliphatic hydroxyl groups excluding tert-OH is 1. The van der Waals surface area contributed by atoms with Gasteiger partial charge in [-0.05, 0) is 55.1 Å². The molecule has 0 bridgehead atoms. The van der Waals surface area contributed by atoms with E-state index in [0.717, 1.165) is 63.4 Å². The third kappa shape index (κ3) is 7.20. The minimum atomic E-state index is -0.737. The summed E-state index contributed by atoms with van der Waals surface area (Å²) < 4.78 is 14.5. The molecule has 0 aliphatic heterocycles. The zero-order valence-corrected chi connectivity index (χ0v) is 17.3. The Balaban J connectivity index is 1.83. The molecular formula is C24H37FO3. The first-order valence-corrected chi connectivity index (χ1v) is 11.2. The number of aliphatic hydroxyl groups is 1. The van der Waals surface area contributed by atoms with Crippen molar-refractivity contribution < 1.29 is 19.4 Å². The van der Waals surface area contributed by atoms with Crippen molar-refractivity contribution in [3.63, 3.8) is 0 Å². The van der Waals surface area contributed by atoms with Gasteiger partial charge in [-0.15, -0.1) is 0 Å². The van der Waals surface area contributed by atoms with Gasteiger partial charge < -0.3 is 10.2 Å². The van der Waals surface area contributed by atoms with Crippen molar-refractivity contribution in [2.75, 3.05) is 0 Å². The third-order valence-electron chi connectivity index (χ3n) is 6.24. The van der Waals surface area contributed by atoms with E-state index in [9.17, 15) is 14.3 Å². The van der Waals surface area contributed by atoms with E-state index >= 15 is 0 Å². The van der Waals surface area contributed by atoms with E-state index in [1.165, 1.54) is 5.56 Å². The highest BCUT2D eigenvalue weighted by Crippen LogP contribution is 2.44. The summed E-state index contributed by atoms with van der Waals surface area (Å²) in [5.74, 6) is -0.404. The maximum absolute atomic E-state index is 14.5. The van der Waals surface area contributed by atoms with E-state index in [1.807, 2.05) is 12.1 Å². The van der Waals surface area contributed by atoms with E-state index in [4.69, 9.17) is 5.11 Å². The van der Waals surface area contributed by atoms with Gasteiger partial charge in [0, 0.05) is 6.42 Å². The number of halogens is 1. The molecule has 1 saturated carbocycles. The van der Waals surface area contributed by atoms with Crippen LogP contribution in [0.5, 0.6) is 0 Å². The van der Waals surface area contributed by atoms with Crippen molar-refractivity contribution in [1.82, 2.24) is 0 Å². The summed E-state index contributed by atoms with van der Waals surface area (Å²) in [6.45, 7) is 2.16. The predicted octanol–water partition coefficient (Wildman–Crippen LogP) is 6.56. The smallest absolute Gasteiger partial charge is 0.303 e. The molecule has 0 heterocycles. The summed E-state index contributed by atoms with van der Waals surface area (Å²) in [5.41, 5.74) is 2.16. The topological polar surface area (TPSA) is 57.5 Å². The number of hydrogen-bond donors (Lipinski definition) is 2. The second-order valence-corrected chi connectivity index (χ2v) is 8.39. The molecule has 158 valence electrons. The van der Waals surface area contributed by atoms with Crippen LogP contribution in [-0.4, -0.2) is 22.4 Å². The lowest BCUT2D eigenvalue weighted by atomic mass is 9.84. The normalized spacial score (nSPS) is 23.0. The summed E-state index contributed by atoms with van der Waals surface area (Å²) in [6.07, 6.45) is 9.20. The number of carboxylic acid groups (broad SMARTS) is 1. The van der Waals surface area contributed by atoms with Gasteiger partial charge >= 0.3 is 5.97 Å². The highest BCUT2D eigenvalue weighted by atomic mass is 19.1. The number of hydrogen-bond acceptors (Lipinski definition) is 2. The summed E-state index contributed by atoms with van der Waals surface area (Å²) >= 11 is 0. The largest absolute Gasteiger partial charge is 0.481 e. The standard InChI is InChI=1S/C24H37FO3/c1-2-3-6-10-23(26)19-14-12-18(13-15-19)20-16-17-22(25)21(20)9-7-4-5-8-11-24(27)28/h12-15,20-23,26H,2-11,16-17H2,1H3,(H,27,28)/t20?,21-,22?,23?/m1/s1. The fourth-order valence-corrected chi connectivity index (χ4v) is 4.54. The molecule has 2 N–H and O–H groups in total. The molecule has 0 saturated heterocycles. The number of carboxylic acids is 1. The fraction of sp³-hybridized carbons (Fsp3) is 0.708. The highest BCUT2D eigenvalue weighted by molar-refractivity contribution is 5.66. The molecule has 3 nitrogen and oxygen atoms in total. The van der Waals surface area contributed by atoms with Crippen LogP contribution in [-0.2, 0) is 4.79 Å². The lowest BCUT2D eigenvalue weighted by Gasteiger charge is -2.22. The highest BCUT2D eigenvalue weighted by Gasteiger charge is 2.36. The lowest BCUT2D eigenvalue weighted by Crippen LogP contribution is -2.15. The van der Waals surface area contributed by atoms with E-state index in [-0.39, 0.29) is 18.3 Å². The first kappa shape index (κ1) is 22.9. The number of unbranched alkanes of at least 4 members (excludes halogenated alkanes) is 5. The zero-order valence-electron chi connectivity index (χ0n) is 17.3. The molecule has 3 unspecified atom stereocenters. The Morgan fingerprint density at radius 1 is 1.07 bits per heavy atom. The quantitative estimate of drug-likeness (QED) is 0.374. The van der Waals surface area contributed by atoms with Crippen LogP contribution in [0.25, 0.3) is 0 Å². The number of alkyl halides is 1. The Morgan fingerprint density at radius 2 is 1.79 bits per heavy atom. The maximum Gasteiger partial charge on any atom is 0.303 e. The summed E-state index contributed by atoms with van der Waals surface area (Å²) in [4.78, 5) is 10.6. The van der Waals surface area contributed by atoms with Gasteiger partial charge in [-0.3, -0.25) is 4.79 Å². The number of rotatable bonds is 13. The first-order chi connectivity index (χ1) is 13.5. The third-order valence-corrected chi connectivity index (χ3v) is 6.24. The van der Waals surface area contributed by atoms with Crippen LogP contribution in [0.4, 0.5) is 4.39 Å². The number of aliphatic carboxylic acids is 1. The lowest BCUT2D eigenvalue weighted by molar-refractivity contribution is -0.137. The Hall–Kier alpha value is -1.42. The molecule has 28 heavy (non-hydrogen) atoms. The number of carbonyl (C=O) groups is 1. The average molecular weight is 393 g/mol. The summed E-state index contributed by atoms with van der Waals surface area (Å²) in [7, 11) is 0. The average Bonchev–Trinajstić information content (AvgIpc) is 3.05. The van der Waals surface area contributed by atoms with Crippen LogP contribution in [0, 0.1) is 5.92 Å². The SMILES string of the molecule is CCCCCC(O)c1ccc(C2CCC(F)[C@@H]2CCCCCCC(=O)O)cc1. The van der Waals surface area contributed by atoms with Crippen LogP contribution >= 0.6 is 0 Å². The molecule has 1 aromatic carbocycles. The van der Waals surface area contributed by atoms with Gasteiger partial charge in [0.05, 0.1) is 6.10 Å². The molecule has 0 aromatic heterocycles. The maximum atomic E-state index is 14.5. The van der Waals surface area contributed by atoms with E-state index in [2.05, 4.69) is 19.1 Å². The Bertz CT molecular complexity index is 572. The van der Waals surface area contributed by atoms with Crippen molar-refractivity contribution in [3.8, 4) is 0 Å². The predicted molar refractivity (Wildman–Crippen MR) is 111 cm³/mol. The molecule has 1 aliphatic carbocycles. The molecule has 2 rings (SSSR count). The van der Waals surface area contributed by atoms with Crippen LogP contribution in [0.2, 0.25) is 0 Å². The van der Waals surface area contributed by atoms with Crippen molar-refractivity contribution in [3.05, 3.63) is 35.4 Å². The Morgan fingerprint density at radius 3 is 2.46 bits per heavy atom. The van der Waals surface area contributed by atoms with E-state index in [1.54, 1.807) is 0 Å². The second-order valence-electron chi connectivity index (χ2n) is 8.39. The summed E-state index contributed by atoms with van der Waals surface area (Å²) in [5, 5.41) is 19.0. The molecule has 1 aliphatic rings. The van der Waals surface area contributed by atoms with Crippen LogP contribution in [0.3, 0.4) is 0 Å². The fourth-order valence-electron chi connectivity index (χ4n) is 4.54.